The van der Waals surface area contributed by atoms with Crippen molar-refractivity contribution < 1.29 is 0 Å². The summed E-state index contributed by atoms with van der Waals surface area (Å²) in [6.45, 7) is 0. The molecule has 0 radical (unpaired) electrons. The number of anilines is 3. The minimum atomic E-state index is 0.0616. The van der Waals surface area contributed by atoms with Crippen LogP contribution in [-0.2, 0) is 5.41 Å². The lowest BCUT2D eigenvalue weighted by Crippen LogP contribution is -2.21. The summed E-state index contributed by atoms with van der Waals surface area (Å²) >= 11 is 0. The fourth-order valence-corrected chi connectivity index (χ4v) is 11.0. The third-order valence-corrected chi connectivity index (χ3v) is 13.8. The maximum absolute atomic E-state index is 2.54. The van der Waals surface area contributed by atoms with Crippen LogP contribution in [0, 0.1) is 0 Å². The fraction of sp³-hybridized carbons (Fsp3) is 0.0820. The van der Waals surface area contributed by atoms with Crippen LogP contribution in [0.3, 0.4) is 0 Å². The van der Waals surface area contributed by atoms with Crippen molar-refractivity contribution in [1.82, 2.24) is 0 Å². The third-order valence-electron chi connectivity index (χ3n) is 13.8. The van der Waals surface area contributed by atoms with Gasteiger partial charge >= 0.3 is 0 Å². The van der Waals surface area contributed by atoms with Crippen molar-refractivity contribution in [3.63, 3.8) is 0 Å². The van der Waals surface area contributed by atoms with Crippen LogP contribution in [0.4, 0.5) is 17.1 Å². The highest BCUT2D eigenvalue weighted by molar-refractivity contribution is 6.08. The topological polar surface area (TPSA) is 3.24 Å². The van der Waals surface area contributed by atoms with Crippen molar-refractivity contribution in [1.29, 1.82) is 0 Å². The van der Waals surface area contributed by atoms with E-state index in [9.17, 15) is 0 Å². The van der Waals surface area contributed by atoms with Crippen molar-refractivity contribution in [3.05, 3.63) is 236 Å². The Morgan fingerprint density at radius 1 is 0.306 bits per heavy atom. The number of hydrogen-bond donors (Lipinski definition) is 0. The second-order valence-corrected chi connectivity index (χ2v) is 17.1. The lowest BCUT2D eigenvalue weighted by Gasteiger charge is -2.31. The van der Waals surface area contributed by atoms with E-state index in [2.05, 4.69) is 229 Å². The Bertz CT molecular complexity index is 3300. The van der Waals surface area contributed by atoms with Crippen molar-refractivity contribution in [3.8, 4) is 55.6 Å². The molecule has 0 bridgehead atoms. The Balaban J connectivity index is 1.03. The van der Waals surface area contributed by atoms with Crippen LogP contribution in [0.2, 0.25) is 0 Å². The molecule has 0 aromatic heterocycles. The summed E-state index contributed by atoms with van der Waals surface area (Å²) in [6.07, 6.45) is 4.92. The molecule has 0 N–H and O–H groups in total. The largest absolute Gasteiger partial charge is 0.310 e. The molecule has 0 unspecified atom stereocenters. The highest BCUT2D eigenvalue weighted by Gasteiger charge is 2.45. The minimum absolute atomic E-state index is 0.0616. The zero-order chi connectivity index (χ0) is 41.0. The molecule has 12 rings (SSSR count). The monoisotopic (exact) mass is 791 g/mol. The normalized spacial score (nSPS) is 13.7. The molecule has 10 aromatic rings. The van der Waals surface area contributed by atoms with Crippen LogP contribution >= 0.6 is 0 Å². The van der Waals surface area contributed by atoms with Gasteiger partial charge in [0, 0.05) is 22.4 Å². The summed E-state index contributed by atoms with van der Waals surface area (Å²) in [7, 11) is 0. The first-order chi connectivity index (χ1) is 30.7. The molecular weight excluding hydrogens is 747 g/mol. The van der Waals surface area contributed by atoms with Gasteiger partial charge in [-0.15, -0.1) is 0 Å². The Morgan fingerprint density at radius 3 is 1.65 bits per heavy atom. The van der Waals surface area contributed by atoms with E-state index in [4.69, 9.17) is 0 Å². The van der Waals surface area contributed by atoms with Gasteiger partial charge in [0.05, 0.1) is 5.69 Å². The van der Waals surface area contributed by atoms with E-state index in [-0.39, 0.29) is 5.41 Å². The number of benzene rings is 10. The zero-order valence-electron chi connectivity index (χ0n) is 34.6. The second kappa shape index (κ2) is 14.9. The summed E-state index contributed by atoms with van der Waals surface area (Å²) < 4.78 is 0. The van der Waals surface area contributed by atoms with Crippen molar-refractivity contribution in [2.24, 2.45) is 0 Å². The third kappa shape index (κ3) is 5.91. The van der Waals surface area contributed by atoms with Crippen LogP contribution in [0.5, 0.6) is 0 Å². The Hall–Kier alpha value is -7.48. The summed E-state index contributed by atoms with van der Waals surface area (Å²) in [5.74, 6) is 0. The lowest BCUT2D eigenvalue weighted by molar-refractivity contribution is 0.550. The van der Waals surface area contributed by atoms with Crippen molar-refractivity contribution in [2.75, 3.05) is 4.90 Å². The van der Waals surface area contributed by atoms with Gasteiger partial charge in [-0.3, -0.25) is 0 Å². The Kier molecular flexibility index (Phi) is 8.75. The van der Waals surface area contributed by atoms with Crippen LogP contribution in [0.1, 0.15) is 36.8 Å². The highest BCUT2D eigenvalue weighted by Crippen LogP contribution is 2.58. The first-order valence-electron chi connectivity index (χ1n) is 22.1. The Labute approximate surface area is 364 Å². The van der Waals surface area contributed by atoms with Crippen LogP contribution in [0.15, 0.2) is 224 Å². The lowest BCUT2D eigenvalue weighted by atomic mass is 9.76. The molecule has 62 heavy (non-hydrogen) atoms. The smallest absolute Gasteiger partial charge is 0.0540 e. The number of hydrogen-bond acceptors (Lipinski definition) is 1. The summed E-state index contributed by atoms with van der Waals surface area (Å²) in [6, 6.07) is 83.4. The molecule has 1 spiro atoms. The number of rotatable bonds is 7. The van der Waals surface area contributed by atoms with Gasteiger partial charge in [0.25, 0.3) is 0 Å². The number of fused-ring (bicyclic) bond motifs is 8. The van der Waals surface area contributed by atoms with Gasteiger partial charge in [0.15, 0.2) is 0 Å². The first-order valence-corrected chi connectivity index (χ1v) is 22.1. The molecule has 0 atom stereocenters. The zero-order valence-corrected chi connectivity index (χ0v) is 34.6. The second-order valence-electron chi connectivity index (χ2n) is 17.1. The predicted octanol–water partition coefficient (Wildman–Crippen LogP) is 17.0. The average Bonchev–Trinajstić information content (AvgIpc) is 3.95. The van der Waals surface area contributed by atoms with E-state index >= 15 is 0 Å². The van der Waals surface area contributed by atoms with Gasteiger partial charge in [0.2, 0.25) is 0 Å². The molecule has 2 aliphatic rings. The standard InChI is InChI=1S/C61H45N/c1-2-16-43(17-3-1)50-20-6-7-21-52(50)53-22-8-9-23-54(53)57-25-11-13-27-60(57)62(48-35-37-56-55-24-10-12-26-58(55)61(59(56)41-48)38-14-15-39-61)47-33-30-42(31-34-47)45-32-36-51-46(40-45)29-28-44-18-4-5-19-49(44)51/h1-13,16-37,40-41H,14-15,38-39H2. The van der Waals surface area contributed by atoms with E-state index in [0.29, 0.717) is 0 Å². The summed E-state index contributed by atoms with van der Waals surface area (Å²) in [5.41, 5.74) is 19.0. The molecule has 2 aliphatic carbocycles. The van der Waals surface area contributed by atoms with Crippen molar-refractivity contribution in [2.45, 2.75) is 31.1 Å². The number of nitrogens with zero attached hydrogens (tertiary/aromatic N) is 1. The van der Waals surface area contributed by atoms with Gasteiger partial charge in [-0.2, -0.15) is 0 Å². The molecule has 0 aliphatic heterocycles. The van der Waals surface area contributed by atoms with E-state index in [0.717, 1.165) is 11.4 Å². The highest BCUT2D eigenvalue weighted by atomic mass is 15.1. The predicted molar refractivity (Wildman–Crippen MR) is 263 cm³/mol. The average molecular weight is 792 g/mol. The van der Waals surface area contributed by atoms with Crippen LogP contribution in [-0.4, -0.2) is 0 Å². The molecule has 0 saturated heterocycles. The van der Waals surface area contributed by atoms with Gasteiger partial charge in [-0.25, -0.2) is 0 Å². The van der Waals surface area contributed by atoms with Crippen LogP contribution in [0.25, 0.3) is 77.2 Å². The molecular formula is C61H45N. The van der Waals surface area contributed by atoms with Crippen LogP contribution < -0.4 is 4.90 Å². The SMILES string of the molecule is c1ccc(-c2ccccc2-c2ccccc2-c2ccccc2N(c2ccc(-c3ccc4c(ccc5ccccc54)c3)cc2)c2ccc3c(c2)C2(CCCC2)c2ccccc2-3)cc1. The maximum Gasteiger partial charge on any atom is 0.0540 e. The van der Waals surface area contributed by atoms with E-state index in [1.807, 2.05) is 0 Å². The first kappa shape index (κ1) is 36.4. The molecule has 1 nitrogen and oxygen atoms in total. The molecule has 0 amide bonds. The maximum atomic E-state index is 2.54. The van der Waals surface area contributed by atoms with Gasteiger partial charge in [-0.05, 0) is 132 Å². The quantitative estimate of drug-likeness (QED) is 0.145. The molecule has 294 valence electrons. The van der Waals surface area contributed by atoms with Crippen molar-refractivity contribution >= 4 is 38.6 Å². The van der Waals surface area contributed by atoms with E-state index in [1.165, 1.54) is 120 Å². The molecule has 0 heterocycles. The van der Waals surface area contributed by atoms with Gasteiger partial charge in [0.1, 0.15) is 0 Å². The molecule has 1 fully saturated rings. The van der Waals surface area contributed by atoms with E-state index < -0.39 is 0 Å². The summed E-state index contributed by atoms with van der Waals surface area (Å²) in [4.78, 5) is 2.51. The van der Waals surface area contributed by atoms with E-state index in [1.54, 1.807) is 0 Å². The number of para-hydroxylation sites is 1. The van der Waals surface area contributed by atoms with Gasteiger partial charge < -0.3 is 4.90 Å². The molecule has 1 heteroatoms. The molecule has 10 aromatic carbocycles. The minimum Gasteiger partial charge on any atom is -0.310 e. The van der Waals surface area contributed by atoms with Gasteiger partial charge in [-0.1, -0.05) is 201 Å². The molecule has 1 saturated carbocycles. The summed E-state index contributed by atoms with van der Waals surface area (Å²) in [5, 5.41) is 5.11. The fourth-order valence-electron chi connectivity index (χ4n) is 11.0. The Morgan fingerprint density at radius 2 is 0.855 bits per heavy atom.